The molecule has 0 saturated carbocycles. The van der Waals surface area contributed by atoms with E-state index >= 15 is 0 Å². The van der Waals surface area contributed by atoms with E-state index in [-0.39, 0.29) is 12.5 Å². The molecule has 0 fully saturated rings. The summed E-state index contributed by atoms with van der Waals surface area (Å²) in [6.45, 7) is 0.181. The third kappa shape index (κ3) is 4.54. The Labute approximate surface area is 140 Å². The minimum atomic E-state index is -0.151. The van der Waals surface area contributed by atoms with Crippen molar-refractivity contribution in [3.8, 4) is 0 Å². The molecule has 0 aliphatic heterocycles. The zero-order valence-electron chi connectivity index (χ0n) is 10.3. The largest absolute Gasteiger partial charge is 0.376 e. The first-order chi connectivity index (χ1) is 9.54. The Kier molecular flexibility index (Phi) is 5.51. The molecule has 0 spiro atoms. The number of rotatable bonds is 4. The van der Waals surface area contributed by atoms with Crippen LogP contribution in [0.25, 0.3) is 0 Å². The van der Waals surface area contributed by atoms with E-state index in [0.29, 0.717) is 15.7 Å². The van der Waals surface area contributed by atoms with Gasteiger partial charge in [-0.05, 0) is 65.1 Å². The van der Waals surface area contributed by atoms with Gasteiger partial charge >= 0.3 is 0 Å². The minimum absolute atomic E-state index is 0.151. The lowest BCUT2D eigenvalue weighted by molar-refractivity contribution is -0.114. The quantitative estimate of drug-likeness (QED) is 0.707. The standard InChI is InChI=1S/C14H11Cl2IN2O/c15-12-6-5-11(7-13(12)16)19-14(20)8-18-10-3-1-9(17)2-4-10/h1-7,18H,8H2,(H,19,20). The van der Waals surface area contributed by atoms with Crippen molar-refractivity contribution in [2.45, 2.75) is 0 Å². The Morgan fingerprint density at radius 1 is 1.00 bits per heavy atom. The maximum absolute atomic E-state index is 11.8. The zero-order valence-corrected chi connectivity index (χ0v) is 14.0. The molecule has 20 heavy (non-hydrogen) atoms. The van der Waals surface area contributed by atoms with Crippen molar-refractivity contribution in [1.29, 1.82) is 0 Å². The zero-order chi connectivity index (χ0) is 14.5. The van der Waals surface area contributed by atoms with Crippen LogP contribution >= 0.6 is 45.8 Å². The normalized spacial score (nSPS) is 10.2. The first-order valence-corrected chi connectivity index (χ1v) is 7.62. The smallest absolute Gasteiger partial charge is 0.243 e. The first kappa shape index (κ1) is 15.4. The number of amides is 1. The van der Waals surface area contributed by atoms with E-state index in [1.807, 2.05) is 24.3 Å². The Bertz CT molecular complexity index is 617. The highest BCUT2D eigenvalue weighted by Gasteiger charge is 2.04. The molecule has 0 aliphatic rings. The van der Waals surface area contributed by atoms with Gasteiger partial charge in [-0.25, -0.2) is 0 Å². The lowest BCUT2D eigenvalue weighted by Gasteiger charge is -2.08. The van der Waals surface area contributed by atoms with E-state index in [1.165, 1.54) is 0 Å². The summed E-state index contributed by atoms with van der Waals surface area (Å²) in [6.07, 6.45) is 0. The first-order valence-electron chi connectivity index (χ1n) is 5.79. The number of hydrogen-bond donors (Lipinski definition) is 2. The summed E-state index contributed by atoms with van der Waals surface area (Å²) in [6, 6.07) is 12.8. The summed E-state index contributed by atoms with van der Waals surface area (Å²) in [5.41, 5.74) is 1.52. The van der Waals surface area contributed by atoms with E-state index in [2.05, 4.69) is 33.2 Å². The molecule has 1 amide bonds. The van der Waals surface area contributed by atoms with E-state index in [4.69, 9.17) is 23.2 Å². The summed E-state index contributed by atoms with van der Waals surface area (Å²) < 4.78 is 1.15. The maximum Gasteiger partial charge on any atom is 0.243 e. The summed E-state index contributed by atoms with van der Waals surface area (Å²) in [5.74, 6) is -0.151. The van der Waals surface area contributed by atoms with Crippen LogP contribution in [0.5, 0.6) is 0 Å². The molecular weight excluding hydrogens is 410 g/mol. The van der Waals surface area contributed by atoms with E-state index in [0.717, 1.165) is 9.26 Å². The van der Waals surface area contributed by atoms with E-state index in [1.54, 1.807) is 18.2 Å². The van der Waals surface area contributed by atoms with Gasteiger partial charge in [-0.3, -0.25) is 4.79 Å². The molecule has 2 aromatic rings. The van der Waals surface area contributed by atoms with Crippen LogP contribution in [0.2, 0.25) is 10.0 Å². The number of carbonyl (C=O) groups excluding carboxylic acids is 1. The topological polar surface area (TPSA) is 41.1 Å². The molecule has 0 atom stereocenters. The van der Waals surface area contributed by atoms with Gasteiger partial charge in [0, 0.05) is 14.9 Å². The Morgan fingerprint density at radius 3 is 2.30 bits per heavy atom. The Hall–Kier alpha value is -0.980. The van der Waals surface area contributed by atoms with Gasteiger partial charge in [0.25, 0.3) is 0 Å². The molecule has 2 rings (SSSR count). The highest BCUT2D eigenvalue weighted by Crippen LogP contribution is 2.24. The molecule has 0 unspecified atom stereocenters. The van der Waals surface area contributed by atoms with Crippen molar-refractivity contribution >= 4 is 63.1 Å². The van der Waals surface area contributed by atoms with Crippen molar-refractivity contribution < 1.29 is 4.79 Å². The molecule has 0 aromatic heterocycles. The molecule has 0 heterocycles. The summed E-state index contributed by atoms with van der Waals surface area (Å²) >= 11 is 13.9. The predicted octanol–water partition coefficient (Wildman–Crippen LogP) is 4.65. The monoisotopic (exact) mass is 420 g/mol. The van der Waals surface area contributed by atoms with Crippen LogP contribution in [-0.4, -0.2) is 12.5 Å². The fraction of sp³-hybridized carbons (Fsp3) is 0.0714. The fourth-order valence-corrected chi connectivity index (χ4v) is 2.19. The molecule has 0 radical (unpaired) electrons. The Morgan fingerprint density at radius 2 is 1.65 bits per heavy atom. The summed E-state index contributed by atoms with van der Waals surface area (Å²) in [4.78, 5) is 11.8. The second-order valence-corrected chi connectivity index (χ2v) is 6.10. The van der Waals surface area contributed by atoms with Crippen molar-refractivity contribution in [3.63, 3.8) is 0 Å². The van der Waals surface area contributed by atoms with Gasteiger partial charge in [0.15, 0.2) is 0 Å². The van der Waals surface area contributed by atoms with E-state index < -0.39 is 0 Å². The molecular formula is C14H11Cl2IN2O. The highest BCUT2D eigenvalue weighted by atomic mass is 127. The lowest BCUT2D eigenvalue weighted by Crippen LogP contribution is -2.21. The van der Waals surface area contributed by atoms with Crippen molar-refractivity contribution in [3.05, 3.63) is 56.1 Å². The molecule has 0 bridgehead atoms. The SMILES string of the molecule is O=C(CNc1ccc(I)cc1)Nc1ccc(Cl)c(Cl)c1. The van der Waals surface area contributed by atoms with Crippen molar-refractivity contribution in [2.75, 3.05) is 17.2 Å². The second-order valence-electron chi connectivity index (χ2n) is 4.04. The molecule has 2 aromatic carbocycles. The van der Waals surface area contributed by atoms with Gasteiger partial charge in [-0.1, -0.05) is 23.2 Å². The number of carbonyl (C=O) groups is 1. The molecule has 6 heteroatoms. The van der Waals surface area contributed by atoms with E-state index in [9.17, 15) is 4.79 Å². The number of halogens is 3. The average Bonchev–Trinajstić information content (AvgIpc) is 2.42. The Balaban J connectivity index is 1.89. The lowest BCUT2D eigenvalue weighted by atomic mass is 10.3. The number of benzene rings is 2. The van der Waals surface area contributed by atoms with Crippen molar-refractivity contribution in [1.82, 2.24) is 0 Å². The number of nitrogens with one attached hydrogen (secondary N) is 2. The minimum Gasteiger partial charge on any atom is -0.376 e. The van der Waals surface area contributed by atoms with Crippen molar-refractivity contribution in [2.24, 2.45) is 0 Å². The molecule has 0 saturated heterocycles. The number of hydrogen-bond acceptors (Lipinski definition) is 2. The van der Waals surface area contributed by atoms with Gasteiger partial charge < -0.3 is 10.6 Å². The van der Waals surface area contributed by atoms with Gasteiger partial charge in [0.05, 0.1) is 16.6 Å². The summed E-state index contributed by atoms with van der Waals surface area (Å²) in [5, 5.41) is 6.66. The predicted molar refractivity (Wildman–Crippen MR) is 92.7 cm³/mol. The highest BCUT2D eigenvalue weighted by molar-refractivity contribution is 14.1. The molecule has 0 aliphatic carbocycles. The molecule has 3 nitrogen and oxygen atoms in total. The van der Waals surface area contributed by atoms with Crippen LogP contribution in [0.1, 0.15) is 0 Å². The molecule has 104 valence electrons. The van der Waals surface area contributed by atoms with Crippen LogP contribution in [0, 0.1) is 3.57 Å². The maximum atomic E-state index is 11.8. The fourth-order valence-electron chi connectivity index (χ4n) is 1.53. The van der Waals surface area contributed by atoms with Crippen LogP contribution < -0.4 is 10.6 Å². The van der Waals surface area contributed by atoms with Crippen LogP contribution in [-0.2, 0) is 4.79 Å². The number of anilines is 2. The van der Waals surface area contributed by atoms with Gasteiger partial charge in [-0.2, -0.15) is 0 Å². The average molecular weight is 421 g/mol. The third-order valence-electron chi connectivity index (χ3n) is 2.50. The van der Waals surface area contributed by atoms with Crippen LogP contribution in [0.15, 0.2) is 42.5 Å². The van der Waals surface area contributed by atoms with Crippen LogP contribution in [0.3, 0.4) is 0 Å². The van der Waals surface area contributed by atoms with Gasteiger partial charge in [-0.15, -0.1) is 0 Å². The second kappa shape index (κ2) is 7.15. The summed E-state index contributed by atoms with van der Waals surface area (Å²) in [7, 11) is 0. The van der Waals surface area contributed by atoms with Gasteiger partial charge in [0.1, 0.15) is 0 Å². The van der Waals surface area contributed by atoms with Gasteiger partial charge in [0.2, 0.25) is 5.91 Å². The molecule has 2 N–H and O–H groups in total. The van der Waals surface area contributed by atoms with Crippen LogP contribution in [0.4, 0.5) is 11.4 Å². The third-order valence-corrected chi connectivity index (χ3v) is 3.96.